The summed E-state index contributed by atoms with van der Waals surface area (Å²) in [6.07, 6.45) is 1.80. The maximum Gasteiger partial charge on any atom is 0.248 e. The predicted molar refractivity (Wildman–Crippen MR) is 50.3 cm³/mol. The van der Waals surface area contributed by atoms with Gasteiger partial charge in [0.05, 0.1) is 0 Å². The van der Waals surface area contributed by atoms with Gasteiger partial charge in [0.2, 0.25) is 5.91 Å². The van der Waals surface area contributed by atoms with Crippen molar-refractivity contribution in [2.24, 2.45) is 0 Å². The summed E-state index contributed by atoms with van der Waals surface area (Å²) in [5.41, 5.74) is 3.18. The van der Waals surface area contributed by atoms with E-state index < -0.39 is 6.61 Å². The quantitative estimate of drug-likeness (QED) is 0.692. The number of aliphatic hydroxyl groups excluding tert-OH is 1. The van der Waals surface area contributed by atoms with Crippen molar-refractivity contribution in [1.29, 1.82) is 0 Å². The van der Waals surface area contributed by atoms with E-state index in [2.05, 4.69) is 4.98 Å². The smallest absolute Gasteiger partial charge is 0.248 e. The number of amides is 1. The topological polar surface area (TPSA) is 53.4 Å². The van der Waals surface area contributed by atoms with E-state index >= 15 is 0 Å². The molecule has 74 valence electrons. The van der Waals surface area contributed by atoms with Crippen molar-refractivity contribution in [1.82, 2.24) is 9.88 Å². The molecule has 0 radical (unpaired) electrons. The average Bonchev–Trinajstić information content (AvgIpc) is 2.59. The summed E-state index contributed by atoms with van der Waals surface area (Å²) >= 11 is 0. The zero-order chi connectivity index (χ0) is 10.1. The van der Waals surface area contributed by atoms with Crippen molar-refractivity contribution >= 4 is 5.91 Å². The van der Waals surface area contributed by atoms with Crippen LogP contribution in [0.3, 0.4) is 0 Å². The normalized spacial score (nSPS) is 14.3. The van der Waals surface area contributed by atoms with E-state index in [9.17, 15) is 4.79 Å². The molecule has 1 N–H and O–H groups in total. The van der Waals surface area contributed by atoms with Crippen LogP contribution in [-0.4, -0.2) is 27.5 Å². The number of carbonyl (C=O) groups is 1. The first-order valence-electron chi connectivity index (χ1n) is 4.53. The van der Waals surface area contributed by atoms with Gasteiger partial charge >= 0.3 is 0 Å². The maximum absolute atomic E-state index is 11.2. The Balaban J connectivity index is 2.22. The number of rotatable bonds is 1. The molecule has 1 amide bonds. The van der Waals surface area contributed by atoms with Gasteiger partial charge in [0, 0.05) is 25.0 Å². The zero-order valence-corrected chi connectivity index (χ0v) is 8.03. The van der Waals surface area contributed by atoms with E-state index in [4.69, 9.17) is 5.11 Å². The van der Waals surface area contributed by atoms with Gasteiger partial charge in [-0.1, -0.05) is 0 Å². The predicted octanol–water partition coefficient (Wildman–Crippen LogP) is 0.225. The third kappa shape index (κ3) is 1.48. The summed E-state index contributed by atoms with van der Waals surface area (Å²) in [6.45, 7) is 2.68. The number of pyridine rings is 1. The van der Waals surface area contributed by atoms with Crippen LogP contribution >= 0.6 is 0 Å². The zero-order valence-electron chi connectivity index (χ0n) is 8.03. The highest BCUT2D eigenvalue weighted by atomic mass is 16.3. The summed E-state index contributed by atoms with van der Waals surface area (Å²) in [5, 5.41) is 8.72. The lowest BCUT2D eigenvalue weighted by Gasteiger charge is -2.12. The third-order valence-corrected chi connectivity index (χ3v) is 2.43. The third-order valence-electron chi connectivity index (χ3n) is 2.43. The summed E-state index contributed by atoms with van der Waals surface area (Å²) in [7, 11) is 0. The number of aromatic nitrogens is 1. The molecule has 0 unspecified atom stereocenters. The van der Waals surface area contributed by atoms with E-state index in [0.29, 0.717) is 13.1 Å². The van der Waals surface area contributed by atoms with Gasteiger partial charge in [-0.15, -0.1) is 0 Å². The molecular formula is C10H12N2O2. The number of hydrogen-bond donors (Lipinski definition) is 1. The number of fused-ring (bicyclic) bond motifs is 1. The van der Waals surface area contributed by atoms with Crippen molar-refractivity contribution < 1.29 is 9.90 Å². The lowest BCUT2D eigenvalue weighted by Crippen LogP contribution is -2.27. The van der Waals surface area contributed by atoms with Crippen LogP contribution in [0, 0.1) is 6.92 Å². The molecule has 1 aliphatic heterocycles. The van der Waals surface area contributed by atoms with Crippen LogP contribution < -0.4 is 0 Å². The Hall–Kier alpha value is -1.42. The number of aryl methyl sites for hydroxylation is 1. The molecule has 0 saturated carbocycles. The first-order chi connectivity index (χ1) is 6.70. The molecule has 0 saturated heterocycles. The Labute approximate surface area is 82.2 Å². The SMILES string of the molecule is Cc1cc2c(cn1)CN(C(=O)CO)C2. The minimum atomic E-state index is -0.416. The van der Waals surface area contributed by atoms with Crippen molar-refractivity contribution in [3.63, 3.8) is 0 Å². The van der Waals surface area contributed by atoms with Gasteiger partial charge < -0.3 is 10.0 Å². The highest BCUT2D eigenvalue weighted by Gasteiger charge is 2.22. The fourth-order valence-electron chi connectivity index (χ4n) is 1.68. The highest BCUT2D eigenvalue weighted by Crippen LogP contribution is 2.22. The standard InChI is InChI=1S/C10H12N2O2/c1-7-2-8-4-12(10(14)6-13)5-9(8)3-11-7/h2-3,13H,4-6H2,1H3. The molecular weight excluding hydrogens is 180 g/mol. The Kier molecular flexibility index (Phi) is 2.21. The Morgan fingerprint density at radius 2 is 2.29 bits per heavy atom. The van der Waals surface area contributed by atoms with Gasteiger partial charge in [0.25, 0.3) is 0 Å². The largest absolute Gasteiger partial charge is 0.387 e. The van der Waals surface area contributed by atoms with Crippen LogP contribution in [0.4, 0.5) is 0 Å². The second kappa shape index (κ2) is 3.38. The Morgan fingerprint density at radius 1 is 1.57 bits per heavy atom. The number of hydrogen-bond acceptors (Lipinski definition) is 3. The first kappa shape index (κ1) is 9.15. The van der Waals surface area contributed by atoms with Crippen LogP contribution in [-0.2, 0) is 17.9 Å². The van der Waals surface area contributed by atoms with Gasteiger partial charge in [-0.2, -0.15) is 0 Å². The summed E-state index contributed by atoms with van der Waals surface area (Å²) < 4.78 is 0. The molecule has 1 aromatic rings. The molecule has 0 aromatic carbocycles. The van der Waals surface area contributed by atoms with Crippen LogP contribution in [0.2, 0.25) is 0 Å². The molecule has 0 aliphatic carbocycles. The van der Waals surface area contributed by atoms with Crippen LogP contribution in [0.25, 0.3) is 0 Å². The van der Waals surface area contributed by atoms with Crippen LogP contribution in [0.1, 0.15) is 16.8 Å². The molecule has 1 aliphatic rings. The lowest BCUT2D eigenvalue weighted by molar-refractivity contribution is -0.134. The highest BCUT2D eigenvalue weighted by molar-refractivity contribution is 5.77. The fourth-order valence-corrected chi connectivity index (χ4v) is 1.68. The van der Waals surface area contributed by atoms with Crippen molar-refractivity contribution in [2.75, 3.05) is 6.61 Å². The van der Waals surface area contributed by atoms with E-state index in [1.54, 1.807) is 11.1 Å². The number of carbonyl (C=O) groups excluding carboxylic acids is 1. The van der Waals surface area contributed by atoms with E-state index in [1.807, 2.05) is 13.0 Å². The van der Waals surface area contributed by atoms with Gasteiger partial charge in [-0.05, 0) is 24.1 Å². The Bertz CT molecular complexity index is 376. The van der Waals surface area contributed by atoms with Crippen molar-refractivity contribution in [2.45, 2.75) is 20.0 Å². The van der Waals surface area contributed by atoms with E-state index in [1.165, 1.54) is 0 Å². The van der Waals surface area contributed by atoms with Gasteiger partial charge in [-0.25, -0.2) is 0 Å². The summed E-state index contributed by atoms with van der Waals surface area (Å²) in [4.78, 5) is 17.0. The molecule has 0 spiro atoms. The lowest BCUT2D eigenvalue weighted by atomic mass is 10.2. The number of nitrogens with zero attached hydrogens (tertiary/aromatic N) is 2. The molecule has 4 heteroatoms. The molecule has 0 fully saturated rings. The monoisotopic (exact) mass is 192 g/mol. The average molecular weight is 192 g/mol. The van der Waals surface area contributed by atoms with Gasteiger partial charge in [-0.3, -0.25) is 9.78 Å². The molecule has 14 heavy (non-hydrogen) atoms. The number of aliphatic hydroxyl groups is 1. The minimum Gasteiger partial charge on any atom is -0.387 e. The molecule has 4 nitrogen and oxygen atoms in total. The second-order valence-corrected chi connectivity index (χ2v) is 3.50. The Morgan fingerprint density at radius 3 is 3.00 bits per heavy atom. The van der Waals surface area contributed by atoms with Crippen molar-refractivity contribution in [3.8, 4) is 0 Å². The molecule has 2 heterocycles. The summed E-state index contributed by atoms with van der Waals surface area (Å²) in [5.74, 6) is -0.223. The molecule has 0 atom stereocenters. The van der Waals surface area contributed by atoms with E-state index in [0.717, 1.165) is 16.8 Å². The first-order valence-corrected chi connectivity index (χ1v) is 4.53. The van der Waals surface area contributed by atoms with Crippen LogP contribution in [0.5, 0.6) is 0 Å². The summed E-state index contributed by atoms with van der Waals surface area (Å²) in [6, 6.07) is 1.99. The van der Waals surface area contributed by atoms with Gasteiger partial charge in [0.15, 0.2) is 0 Å². The maximum atomic E-state index is 11.2. The van der Waals surface area contributed by atoms with Crippen molar-refractivity contribution in [3.05, 3.63) is 29.1 Å². The minimum absolute atomic E-state index is 0.223. The van der Waals surface area contributed by atoms with Gasteiger partial charge in [0.1, 0.15) is 6.61 Å². The molecule has 2 rings (SSSR count). The van der Waals surface area contributed by atoms with E-state index in [-0.39, 0.29) is 5.91 Å². The molecule has 0 bridgehead atoms. The second-order valence-electron chi connectivity index (χ2n) is 3.50. The fraction of sp³-hybridized carbons (Fsp3) is 0.400. The molecule has 1 aromatic heterocycles. The van der Waals surface area contributed by atoms with Crippen LogP contribution in [0.15, 0.2) is 12.3 Å².